The van der Waals surface area contributed by atoms with Crippen molar-refractivity contribution >= 4 is 23.0 Å². The molecule has 2 N–H and O–H groups in total. The maximum absolute atomic E-state index is 5.33. The minimum Gasteiger partial charge on any atom is -0.467 e. The van der Waals surface area contributed by atoms with Crippen molar-refractivity contribution in [3.63, 3.8) is 0 Å². The maximum Gasteiger partial charge on any atom is 0.171 e. The summed E-state index contributed by atoms with van der Waals surface area (Å²) >= 11 is 5.33. The van der Waals surface area contributed by atoms with Crippen LogP contribution in [0.1, 0.15) is 30.8 Å². The highest BCUT2D eigenvalue weighted by Crippen LogP contribution is 2.23. The molecule has 0 saturated heterocycles. The van der Waals surface area contributed by atoms with E-state index in [2.05, 4.69) is 37.5 Å². The second-order valence-corrected chi connectivity index (χ2v) is 6.77. The predicted octanol–water partition coefficient (Wildman–Crippen LogP) is 3.75. The summed E-state index contributed by atoms with van der Waals surface area (Å²) in [5, 5.41) is 15.6. The fourth-order valence-corrected chi connectivity index (χ4v) is 3.35. The van der Waals surface area contributed by atoms with Gasteiger partial charge in [0, 0.05) is 24.2 Å². The van der Waals surface area contributed by atoms with Crippen molar-refractivity contribution < 1.29 is 4.42 Å². The highest BCUT2D eigenvalue weighted by molar-refractivity contribution is 7.80. The van der Waals surface area contributed by atoms with Gasteiger partial charge in [0.05, 0.1) is 12.8 Å². The first kappa shape index (κ1) is 16.8. The summed E-state index contributed by atoms with van der Waals surface area (Å²) in [6.45, 7) is 1.56. The van der Waals surface area contributed by atoms with Gasteiger partial charge in [-0.2, -0.15) is 0 Å². The molecule has 0 spiro atoms. The molecule has 1 aliphatic rings. The molecule has 7 heteroatoms. The summed E-state index contributed by atoms with van der Waals surface area (Å²) in [6, 6.07) is 11.9. The van der Waals surface area contributed by atoms with Crippen LogP contribution in [0.2, 0.25) is 0 Å². The van der Waals surface area contributed by atoms with Gasteiger partial charge in [0.2, 0.25) is 0 Å². The minimum atomic E-state index is 0.558. The van der Waals surface area contributed by atoms with E-state index in [-0.39, 0.29) is 0 Å². The number of aryl methyl sites for hydroxylation is 1. The Morgan fingerprint density at radius 2 is 2.00 bits per heavy atom. The number of fused-ring (bicyclic) bond motifs is 1. The van der Waals surface area contributed by atoms with Gasteiger partial charge in [0.1, 0.15) is 11.6 Å². The number of anilines is 1. The molecule has 6 nitrogen and oxygen atoms in total. The van der Waals surface area contributed by atoms with Crippen LogP contribution < -0.4 is 10.6 Å². The molecule has 0 unspecified atom stereocenters. The van der Waals surface area contributed by atoms with Crippen molar-refractivity contribution in [1.82, 2.24) is 20.1 Å². The van der Waals surface area contributed by atoms with Gasteiger partial charge in [-0.25, -0.2) is 0 Å². The summed E-state index contributed by atoms with van der Waals surface area (Å²) in [4.78, 5) is 0. The number of rotatable bonds is 4. The molecule has 0 radical (unpaired) electrons. The molecule has 1 aromatic carbocycles. The zero-order chi connectivity index (χ0) is 17.8. The van der Waals surface area contributed by atoms with E-state index >= 15 is 0 Å². The molecule has 0 bridgehead atoms. The lowest BCUT2D eigenvalue weighted by molar-refractivity contribution is 0.503. The molecule has 3 heterocycles. The van der Waals surface area contributed by atoms with Crippen LogP contribution in [0.25, 0.3) is 11.4 Å². The van der Waals surface area contributed by atoms with Gasteiger partial charge < -0.3 is 19.6 Å². The highest BCUT2D eigenvalue weighted by atomic mass is 32.1. The Bertz CT molecular complexity index is 870. The molecule has 0 aliphatic carbocycles. The van der Waals surface area contributed by atoms with Crippen LogP contribution in [0.3, 0.4) is 0 Å². The molecule has 1 aliphatic heterocycles. The summed E-state index contributed by atoms with van der Waals surface area (Å²) in [5.41, 5.74) is 2.01. The van der Waals surface area contributed by atoms with E-state index in [4.69, 9.17) is 16.6 Å². The van der Waals surface area contributed by atoms with E-state index < -0.39 is 0 Å². The molecule has 26 heavy (non-hydrogen) atoms. The third-order valence-corrected chi connectivity index (χ3v) is 4.76. The molecule has 0 amide bonds. The first-order chi connectivity index (χ1) is 12.8. The van der Waals surface area contributed by atoms with Crippen molar-refractivity contribution in [3.05, 3.63) is 54.2 Å². The van der Waals surface area contributed by atoms with Gasteiger partial charge in [0.15, 0.2) is 10.9 Å². The summed E-state index contributed by atoms with van der Waals surface area (Å²) in [5.74, 6) is 2.90. The van der Waals surface area contributed by atoms with Gasteiger partial charge in [0.25, 0.3) is 0 Å². The Hall–Kier alpha value is -2.67. The van der Waals surface area contributed by atoms with Gasteiger partial charge in [-0.3, -0.25) is 0 Å². The largest absolute Gasteiger partial charge is 0.467 e. The van der Waals surface area contributed by atoms with Gasteiger partial charge in [-0.05, 0) is 61.5 Å². The van der Waals surface area contributed by atoms with Crippen LogP contribution in [0.15, 0.2) is 47.1 Å². The number of nitrogens with one attached hydrogen (secondary N) is 2. The first-order valence-corrected chi connectivity index (χ1v) is 9.30. The van der Waals surface area contributed by atoms with Crippen LogP contribution in [-0.2, 0) is 19.5 Å². The molecule has 4 rings (SSSR count). The van der Waals surface area contributed by atoms with E-state index in [0.717, 1.165) is 41.6 Å². The molecule has 0 atom stereocenters. The summed E-state index contributed by atoms with van der Waals surface area (Å²) in [7, 11) is 0. The van der Waals surface area contributed by atoms with Gasteiger partial charge >= 0.3 is 0 Å². The number of benzene rings is 1. The number of nitrogens with zero attached hydrogens (tertiary/aromatic N) is 3. The fourth-order valence-electron chi connectivity index (χ4n) is 3.16. The number of aromatic nitrogens is 3. The molecular weight excluding hydrogens is 346 g/mol. The fraction of sp³-hybridized carbons (Fsp3) is 0.316. The normalized spacial score (nSPS) is 13.7. The van der Waals surface area contributed by atoms with E-state index in [1.165, 1.54) is 19.3 Å². The number of thiocarbonyl (C=S) groups is 1. The van der Waals surface area contributed by atoms with Crippen LogP contribution in [0, 0.1) is 0 Å². The maximum atomic E-state index is 5.33. The van der Waals surface area contributed by atoms with E-state index in [1.54, 1.807) is 6.26 Å². The van der Waals surface area contributed by atoms with Crippen molar-refractivity contribution in [1.29, 1.82) is 0 Å². The lowest BCUT2D eigenvalue weighted by Crippen LogP contribution is -2.27. The third kappa shape index (κ3) is 3.77. The Morgan fingerprint density at radius 3 is 2.81 bits per heavy atom. The van der Waals surface area contributed by atoms with Crippen LogP contribution in [-0.4, -0.2) is 19.9 Å². The molecule has 3 aromatic rings. The van der Waals surface area contributed by atoms with E-state index in [0.29, 0.717) is 11.7 Å². The summed E-state index contributed by atoms with van der Waals surface area (Å²) < 4.78 is 7.54. The van der Waals surface area contributed by atoms with Crippen LogP contribution in [0.4, 0.5) is 5.69 Å². The average Bonchev–Trinajstić information content (AvgIpc) is 3.26. The second-order valence-electron chi connectivity index (χ2n) is 6.37. The number of hydrogen-bond acceptors (Lipinski definition) is 4. The van der Waals surface area contributed by atoms with Crippen LogP contribution >= 0.6 is 12.2 Å². The van der Waals surface area contributed by atoms with Crippen molar-refractivity contribution in [2.24, 2.45) is 0 Å². The lowest BCUT2D eigenvalue weighted by Gasteiger charge is -2.11. The molecule has 0 saturated carbocycles. The van der Waals surface area contributed by atoms with Crippen molar-refractivity contribution in [2.45, 2.75) is 38.8 Å². The zero-order valence-electron chi connectivity index (χ0n) is 14.4. The average molecular weight is 367 g/mol. The monoisotopic (exact) mass is 367 g/mol. The number of hydrogen-bond donors (Lipinski definition) is 2. The SMILES string of the molecule is S=C(NCc1ccco1)Nc1ccc(-c2nnc3n2CCCCC3)cc1. The topological polar surface area (TPSA) is 67.9 Å². The standard InChI is InChI=1S/C19H21N5OS/c26-19(20-13-16-5-4-12-25-16)21-15-9-7-14(8-10-15)18-23-22-17-6-2-1-3-11-24(17)18/h4-5,7-10,12H,1-3,6,11,13H2,(H2,20,21,26). The third-order valence-electron chi connectivity index (χ3n) is 4.51. The Labute approximate surface area is 157 Å². The smallest absolute Gasteiger partial charge is 0.171 e. The zero-order valence-corrected chi connectivity index (χ0v) is 15.3. The summed E-state index contributed by atoms with van der Waals surface area (Å²) in [6.07, 6.45) is 6.31. The second kappa shape index (κ2) is 7.70. The molecule has 134 valence electrons. The molecule has 2 aromatic heterocycles. The Kier molecular flexibility index (Phi) is 4.97. The highest BCUT2D eigenvalue weighted by Gasteiger charge is 2.15. The molecular formula is C19H21N5OS. The number of furan rings is 1. The van der Waals surface area contributed by atoms with Crippen molar-refractivity contribution in [3.8, 4) is 11.4 Å². The minimum absolute atomic E-state index is 0.558. The molecule has 0 fully saturated rings. The first-order valence-electron chi connectivity index (χ1n) is 8.89. The Morgan fingerprint density at radius 1 is 1.12 bits per heavy atom. The van der Waals surface area contributed by atoms with Gasteiger partial charge in [-0.1, -0.05) is 6.42 Å². The van der Waals surface area contributed by atoms with Crippen LogP contribution in [0.5, 0.6) is 0 Å². The van der Waals surface area contributed by atoms with Gasteiger partial charge in [-0.15, -0.1) is 10.2 Å². The van der Waals surface area contributed by atoms with Crippen molar-refractivity contribution in [2.75, 3.05) is 5.32 Å². The van der Waals surface area contributed by atoms with E-state index in [9.17, 15) is 0 Å². The van der Waals surface area contributed by atoms with E-state index in [1.807, 2.05) is 24.3 Å². The quantitative estimate of drug-likeness (QED) is 0.685. The lowest BCUT2D eigenvalue weighted by atomic mass is 10.2. The Balaban J connectivity index is 1.41. The predicted molar refractivity (Wildman–Crippen MR) is 105 cm³/mol.